The van der Waals surface area contributed by atoms with E-state index in [1.54, 1.807) is 12.1 Å². The molecule has 0 spiro atoms. The Labute approximate surface area is 190 Å². The summed E-state index contributed by atoms with van der Waals surface area (Å²) in [6.07, 6.45) is 0.593. The number of benzene rings is 2. The van der Waals surface area contributed by atoms with E-state index in [9.17, 15) is 9.59 Å². The van der Waals surface area contributed by atoms with E-state index in [4.69, 9.17) is 11.6 Å². The number of anilines is 2. The third-order valence-corrected chi connectivity index (χ3v) is 6.12. The van der Waals surface area contributed by atoms with Gasteiger partial charge in [-0.2, -0.15) is 0 Å². The molecule has 0 radical (unpaired) electrons. The second-order valence-corrected chi connectivity index (χ2v) is 9.14. The number of hydrogen-bond donors (Lipinski definition) is 1. The van der Waals surface area contributed by atoms with Crippen molar-refractivity contribution in [2.75, 3.05) is 36.4 Å². The minimum Gasteiger partial charge on any atom is -0.367 e. The van der Waals surface area contributed by atoms with Crippen LogP contribution < -0.4 is 10.2 Å². The van der Waals surface area contributed by atoms with Gasteiger partial charge in [0.15, 0.2) is 0 Å². The van der Waals surface area contributed by atoms with Gasteiger partial charge in [-0.1, -0.05) is 37.6 Å². The summed E-state index contributed by atoms with van der Waals surface area (Å²) in [7, 11) is 0. The predicted octanol–water partition coefficient (Wildman–Crippen LogP) is 4.89. The lowest BCUT2D eigenvalue weighted by molar-refractivity contribution is -0.132. The Kier molecular flexibility index (Phi) is 7.40. The summed E-state index contributed by atoms with van der Waals surface area (Å²) in [6.45, 7) is 7.02. The van der Waals surface area contributed by atoms with Gasteiger partial charge in [-0.05, 0) is 58.8 Å². The van der Waals surface area contributed by atoms with Gasteiger partial charge in [0.2, 0.25) is 5.91 Å². The van der Waals surface area contributed by atoms with Crippen LogP contribution in [-0.2, 0) is 4.79 Å². The first-order chi connectivity index (χ1) is 13.8. The number of amides is 2. The number of rotatable bonds is 5. The standard InChI is InChI=1S/C22H25ClIN3O2/c1-15(2)13-21(28)27-11-9-26(10-12-27)20-8-7-16(14-18(20)23)25-22(29)17-5-3-4-6-19(17)24/h3-8,14-15H,9-13H2,1-2H3,(H,25,29). The molecule has 2 amide bonds. The molecular formula is C22H25ClIN3O2. The highest BCUT2D eigenvalue weighted by atomic mass is 127. The quantitative estimate of drug-likeness (QED) is 0.566. The topological polar surface area (TPSA) is 52.7 Å². The number of piperazine rings is 1. The summed E-state index contributed by atoms with van der Waals surface area (Å²) in [5.74, 6) is 0.437. The summed E-state index contributed by atoms with van der Waals surface area (Å²) in [5.41, 5.74) is 2.22. The molecule has 5 nitrogen and oxygen atoms in total. The van der Waals surface area contributed by atoms with Crippen molar-refractivity contribution in [2.24, 2.45) is 5.92 Å². The number of carbonyl (C=O) groups is 2. The van der Waals surface area contributed by atoms with Crippen molar-refractivity contribution in [3.8, 4) is 0 Å². The molecule has 2 aromatic carbocycles. The second kappa shape index (κ2) is 9.80. The summed E-state index contributed by atoms with van der Waals surface area (Å²) in [4.78, 5) is 28.9. The van der Waals surface area contributed by atoms with E-state index in [0.29, 0.717) is 41.7 Å². The van der Waals surface area contributed by atoms with Gasteiger partial charge in [0, 0.05) is 41.9 Å². The molecule has 3 rings (SSSR count). The molecule has 1 aliphatic heterocycles. The Bertz CT molecular complexity index is 895. The van der Waals surface area contributed by atoms with Crippen LogP contribution in [0.5, 0.6) is 0 Å². The van der Waals surface area contributed by atoms with Crippen molar-refractivity contribution >= 4 is 57.4 Å². The Balaban J connectivity index is 1.62. The third-order valence-electron chi connectivity index (χ3n) is 4.88. The molecule has 1 fully saturated rings. The molecule has 1 aliphatic rings. The normalized spacial score (nSPS) is 14.2. The van der Waals surface area contributed by atoms with E-state index in [0.717, 1.165) is 22.3 Å². The maximum atomic E-state index is 12.5. The van der Waals surface area contributed by atoms with E-state index < -0.39 is 0 Å². The molecule has 1 N–H and O–H groups in total. The van der Waals surface area contributed by atoms with E-state index in [-0.39, 0.29) is 11.8 Å². The highest BCUT2D eigenvalue weighted by molar-refractivity contribution is 14.1. The lowest BCUT2D eigenvalue weighted by Crippen LogP contribution is -2.49. The van der Waals surface area contributed by atoms with Gasteiger partial charge in [0.25, 0.3) is 5.91 Å². The molecule has 0 saturated carbocycles. The van der Waals surface area contributed by atoms with E-state index in [2.05, 4.69) is 46.7 Å². The first kappa shape index (κ1) is 21.9. The zero-order chi connectivity index (χ0) is 21.0. The maximum absolute atomic E-state index is 12.5. The van der Waals surface area contributed by atoms with Crippen molar-refractivity contribution < 1.29 is 9.59 Å². The maximum Gasteiger partial charge on any atom is 0.256 e. The van der Waals surface area contributed by atoms with Crippen molar-refractivity contribution in [3.63, 3.8) is 0 Å². The molecule has 0 bridgehead atoms. The van der Waals surface area contributed by atoms with Crippen LogP contribution in [0.25, 0.3) is 0 Å². The van der Waals surface area contributed by atoms with Crippen LogP contribution in [0.3, 0.4) is 0 Å². The average molecular weight is 526 g/mol. The average Bonchev–Trinajstić information content (AvgIpc) is 2.68. The summed E-state index contributed by atoms with van der Waals surface area (Å²) >= 11 is 8.67. The molecule has 1 saturated heterocycles. The molecule has 0 unspecified atom stereocenters. The highest BCUT2D eigenvalue weighted by Gasteiger charge is 2.23. The number of hydrogen-bond acceptors (Lipinski definition) is 3. The van der Waals surface area contributed by atoms with Gasteiger partial charge in [0.05, 0.1) is 16.3 Å². The van der Waals surface area contributed by atoms with E-state index in [1.807, 2.05) is 35.2 Å². The fourth-order valence-electron chi connectivity index (χ4n) is 3.36. The van der Waals surface area contributed by atoms with Crippen molar-refractivity contribution in [1.29, 1.82) is 0 Å². The van der Waals surface area contributed by atoms with Crippen molar-refractivity contribution in [1.82, 2.24) is 4.90 Å². The van der Waals surface area contributed by atoms with Gasteiger partial charge in [0.1, 0.15) is 0 Å². The van der Waals surface area contributed by atoms with Gasteiger partial charge in [-0.15, -0.1) is 0 Å². The third kappa shape index (κ3) is 5.63. The molecule has 2 aromatic rings. The first-order valence-electron chi connectivity index (χ1n) is 9.73. The Morgan fingerprint density at radius 2 is 1.79 bits per heavy atom. The van der Waals surface area contributed by atoms with Crippen LogP contribution in [0.2, 0.25) is 5.02 Å². The lowest BCUT2D eigenvalue weighted by Gasteiger charge is -2.36. The molecule has 154 valence electrons. The second-order valence-electron chi connectivity index (χ2n) is 7.57. The SMILES string of the molecule is CC(C)CC(=O)N1CCN(c2ccc(NC(=O)c3ccccc3I)cc2Cl)CC1. The zero-order valence-corrected chi connectivity index (χ0v) is 19.5. The molecular weight excluding hydrogens is 501 g/mol. The molecule has 29 heavy (non-hydrogen) atoms. The Hall–Kier alpha value is -1.80. The molecule has 0 aliphatic carbocycles. The highest BCUT2D eigenvalue weighted by Crippen LogP contribution is 2.30. The minimum absolute atomic E-state index is 0.156. The van der Waals surface area contributed by atoms with Crippen molar-refractivity contribution in [2.45, 2.75) is 20.3 Å². The smallest absolute Gasteiger partial charge is 0.256 e. The Morgan fingerprint density at radius 1 is 1.10 bits per heavy atom. The predicted molar refractivity (Wildman–Crippen MR) is 127 cm³/mol. The van der Waals surface area contributed by atoms with Crippen LogP contribution in [0.4, 0.5) is 11.4 Å². The summed E-state index contributed by atoms with van der Waals surface area (Å²) in [6, 6.07) is 13.0. The monoisotopic (exact) mass is 525 g/mol. The number of nitrogens with zero attached hydrogens (tertiary/aromatic N) is 2. The zero-order valence-electron chi connectivity index (χ0n) is 16.6. The van der Waals surface area contributed by atoms with Crippen LogP contribution in [0, 0.1) is 9.49 Å². The van der Waals surface area contributed by atoms with Crippen LogP contribution >= 0.6 is 34.2 Å². The summed E-state index contributed by atoms with van der Waals surface area (Å²) < 4.78 is 0.898. The molecule has 0 atom stereocenters. The molecule has 0 aromatic heterocycles. The van der Waals surface area contributed by atoms with Gasteiger partial charge < -0.3 is 15.1 Å². The van der Waals surface area contributed by atoms with E-state index in [1.165, 1.54) is 0 Å². The largest absolute Gasteiger partial charge is 0.367 e. The minimum atomic E-state index is -0.156. The molecule has 7 heteroatoms. The summed E-state index contributed by atoms with van der Waals surface area (Å²) in [5, 5.41) is 3.50. The van der Waals surface area contributed by atoms with Crippen LogP contribution in [0.15, 0.2) is 42.5 Å². The number of carbonyl (C=O) groups excluding carboxylic acids is 2. The fourth-order valence-corrected chi connectivity index (χ4v) is 4.29. The fraction of sp³-hybridized carbons (Fsp3) is 0.364. The lowest BCUT2D eigenvalue weighted by atomic mass is 10.1. The van der Waals surface area contributed by atoms with Crippen LogP contribution in [-0.4, -0.2) is 42.9 Å². The molecule has 1 heterocycles. The van der Waals surface area contributed by atoms with Gasteiger partial charge in [-0.25, -0.2) is 0 Å². The van der Waals surface area contributed by atoms with Crippen molar-refractivity contribution in [3.05, 3.63) is 56.6 Å². The number of nitrogens with one attached hydrogen (secondary N) is 1. The first-order valence-corrected chi connectivity index (χ1v) is 11.2. The van der Waals surface area contributed by atoms with E-state index >= 15 is 0 Å². The number of halogens is 2. The van der Waals surface area contributed by atoms with Crippen LogP contribution in [0.1, 0.15) is 30.6 Å². The van der Waals surface area contributed by atoms with Gasteiger partial charge >= 0.3 is 0 Å². The van der Waals surface area contributed by atoms with Gasteiger partial charge in [-0.3, -0.25) is 9.59 Å². The Morgan fingerprint density at radius 3 is 2.41 bits per heavy atom.